The van der Waals surface area contributed by atoms with Crippen LogP contribution in [0.15, 0.2) is 42.5 Å². The molecule has 2 aromatic carbocycles. The molecule has 0 atom stereocenters. The van der Waals surface area contributed by atoms with E-state index in [1.165, 1.54) is 12.1 Å². The van der Waals surface area contributed by atoms with E-state index in [2.05, 4.69) is 5.32 Å². The van der Waals surface area contributed by atoms with Gasteiger partial charge in [-0.25, -0.2) is 9.18 Å². The van der Waals surface area contributed by atoms with Crippen molar-refractivity contribution in [2.24, 2.45) is 0 Å². The Morgan fingerprint density at radius 2 is 2.00 bits per heavy atom. The Hall–Kier alpha value is -2.36. The molecule has 0 saturated carbocycles. The topological polar surface area (TPSA) is 49.3 Å². The number of hydrogen-bond acceptors (Lipinski definition) is 2. The molecule has 2 aromatic rings. The van der Waals surface area contributed by atoms with E-state index in [1.807, 2.05) is 6.92 Å². The number of carboxylic acid groups (broad SMARTS) is 1. The van der Waals surface area contributed by atoms with Crippen LogP contribution in [0.3, 0.4) is 0 Å². The molecule has 0 spiro atoms. The molecule has 2 N–H and O–H groups in total. The molecule has 4 heteroatoms. The molecule has 98 valence electrons. The minimum Gasteiger partial charge on any atom is -0.478 e. The lowest BCUT2D eigenvalue weighted by molar-refractivity contribution is 0.0696. The summed E-state index contributed by atoms with van der Waals surface area (Å²) in [5.41, 5.74) is 2.05. The van der Waals surface area contributed by atoms with Crippen LogP contribution in [0.5, 0.6) is 0 Å². The number of carboxylic acids is 1. The van der Waals surface area contributed by atoms with Crippen LogP contribution in [0.25, 0.3) is 0 Å². The Morgan fingerprint density at radius 3 is 2.68 bits per heavy atom. The number of rotatable bonds is 4. The lowest BCUT2D eigenvalue weighted by Gasteiger charge is -2.10. The second kappa shape index (κ2) is 5.52. The number of hydrogen-bond donors (Lipinski definition) is 2. The number of halogens is 1. The number of anilines is 1. The molecule has 0 saturated heterocycles. The molecule has 0 radical (unpaired) electrons. The maximum Gasteiger partial charge on any atom is 0.336 e. The van der Waals surface area contributed by atoms with Crippen LogP contribution >= 0.6 is 0 Å². The highest BCUT2D eigenvalue weighted by molar-refractivity contribution is 5.89. The van der Waals surface area contributed by atoms with E-state index in [-0.39, 0.29) is 17.9 Å². The second-order valence-electron chi connectivity index (χ2n) is 4.30. The molecule has 0 heterocycles. The van der Waals surface area contributed by atoms with Gasteiger partial charge >= 0.3 is 5.97 Å². The summed E-state index contributed by atoms with van der Waals surface area (Å²) >= 11 is 0. The largest absolute Gasteiger partial charge is 0.478 e. The molecule has 19 heavy (non-hydrogen) atoms. The van der Waals surface area contributed by atoms with Gasteiger partial charge in [-0.2, -0.15) is 0 Å². The highest BCUT2D eigenvalue weighted by Gasteiger charge is 2.09. The molecule has 2 rings (SSSR count). The molecular weight excluding hydrogens is 245 g/mol. The standard InChI is InChI=1S/C15H14FNO2/c1-10-6-7-14(13(16)8-10)17-9-11-4-2-3-5-12(11)15(18)19/h2-8,17H,9H2,1H3,(H,18,19). The Balaban J connectivity index is 2.17. The van der Waals surface area contributed by atoms with Crippen molar-refractivity contribution in [1.29, 1.82) is 0 Å². The van der Waals surface area contributed by atoms with Crippen molar-refractivity contribution in [2.45, 2.75) is 13.5 Å². The lowest BCUT2D eigenvalue weighted by atomic mass is 10.1. The molecule has 0 aliphatic carbocycles. The van der Waals surface area contributed by atoms with Gasteiger partial charge in [0.25, 0.3) is 0 Å². The van der Waals surface area contributed by atoms with Crippen molar-refractivity contribution in [1.82, 2.24) is 0 Å². The molecule has 0 aliphatic heterocycles. The Labute approximate surface area is 110 Å². The molecule has 0 unspecified atom stereocenters. The SMILES string of the molecule is Cc1ccc(NCc2ccccc2C(=O)O)c(F)c1. The van der Waals surface area contributed by atoms with Gasteiger partial charge in [-0.15, -0.1) is 0 Å². The zero-order valence-electron chi connectivity index (χ0n) is 10.5. The summed E-state index contributed by atoms with van der Waals surface area (Å²) < 4.78 is 13.6. The first-order valence-corrected chi connectivity index (χ1v) is 5.89. The van der Waals surface area contributed by atoms with Crippen LogP contribution in [-0.2, 0) is 6.54 Å². The lowest BCUT2D eigenvalue weighted by Crippen LogP contribution is -2.07. The third-order valence-corrected chi connectivity index (χ3v) is 2.84. The van der Waals surface area contributed by atoms with E-state index in [1.54, 1.807) is 30.3 Å². The fourth-order valence-corrected chi connectivity index (χ4v) is 1.84. The minimum absolute atomic E-state index is 0.225. The summed E-state index contributed by atoms with van der Waals surface area (Å²) in [5.74, 6) is -1.32. The first-order chi connectivity index (χ1) is 9.08. The Morgan fingerprint density at radius 1 is 1.26 bits per heavy atom. The van der Waals surface area contributed by atoms with E-state index in [4.69, 9.17) is 5.11 Å². The van der Waals surface area contributed by atoms with Crippen molar-refractivity contribution in [3.8, 4) is 0 Å². The van der Waals surface area contributed by atoms with Gasteiger partial charge in [0.15, 0.2) is 0 Å². The molecule has 0 bridgehead atoms. The normalized spacial score (nSPS) is 10.2. The maximum atomic E-state index is 13.6. The van der Waals surface area contributed by atoms with Gasteiger partial charge in [0, 0.05) is 6.54 Å². The summed E-state index contributed by atoms with van der Waals surface area (Å²) in [5, 5.41) is 12.0. The van der Waals surface area contributed by atoms with Gasteiger partial charge in [-0.05, 0) is 36.2 Å². The van der Waals surface area contributed by atoms with Gasteiger partial charge in [0.05, 0.1) is 11.3 Å². The van der Waals surface area contributed by atoms with E-state index in [9.17, 15) is 9.18 Å². The Bertz CT molecular complexity index is 611. The van der Waals surface area contributed by atoms with Crippen LogP contribution in [0.4, 0.5) is 10.1 Å². The van der Waals surface area contributed by atoms with Crippen molar-refractivity contribution in [3.05, 3.63) is 65.0 Å². The summed E-state index contributed by atoms with van der Waals surface area (Å²) in [4.78, 5) is 11.0. The van der Waals surface area contributed by atoms with Gasteiger partial charge in [-0.3, -0.25) is 0 Å². The predicted octanol–water partition coefficient (Wildman–Crippen LogP) is 3.44. The maximum absolute atomic E-state index is 13.6. The number of aryl methyl sites for hydroxylation is 1. The molecule has 0 aromatic heterocycles. The molecule has 0 aliphatic rings. The zero-order valence-corrected chi connectivity index (χ0v) is 10.5. The average Bonchev–Trinajstić information content (AvgIpc) is 2.38. The quantitative estimate of drug-likeness (QED) is 0.884. The van der Waals surface area contributed by atoms with E-state index < -0.39 is 5.97 Å². The average molecular weight is 259 g/mol. The van der Waals surface area contributed by atoms with E-state index in [0.29, 0.717) is 11.3 Å². The van der Waals surface area contributed by atoms with Crippen molar-refractivity contribution >= 4 is 11.7 Å². The number of carbonyl (C=O) groups is 1. The second-order valence-corrected chi connectivity index (χ2v) is 4.30. The van der Waals surface area contributed by atoms with E-state index >= 15 is 0 Å². The predicted molar refractivity (Wildman–Crippen MR) is 71.9 cm³/mol. The van der Waals surface area contributed by atoms with E-state index in [0.717, 1.165) is 5.56 Å². The first-order valence-electron chi connectivity index (χ1n) is 5.89. The fourth-order valence-electron chi connectivity index (χ4n) is 1.84. The number of nitrogens with one attached hydrogen (secondary N) is 1. The number of benzene rings is 2. The van der Waals surface area contributed by atoms with Gasteiger partial charge in [-0.1, -0.05) is 24.3 Å². The highest BCUT2D eigenvalue weighted by Crippen LogP contribution is 2.17. The zero-order chi connectivity index (χ0) is 13.8. The number of aromatic carboxylic acids is 1. The van der Waals surface area contributed by atoms with Gasteiger partial charge < -0.3 is 10.4 Å². The van der Waals surface area contributed by atoms with Gasteiger partial charge in [0.2, 0.25) is 0 Å². The van der Waals surface area contributed by atoms with Crippen LogP contribution in [0, 0.1) is 12.7 Å². The molecule has 0 fully saturated rings. The monoisotopic (exact) mass is 259 g/mol. The highest BCUT2D eigenvalue weighted by atomic mass is 19.1. The molecular formula is C15H14FNO2. The summed E-state index contributed by atoms with van der Waals surface area (Å²) in [6, 6.07) is 11.6. The van der Waals surface area contributed by atoms with Crippen LogP contribution in [0.1, 0.15) is 21.5 Å². The summed E-state index contributed by atoms with van der Waals surface area (Å²) in [6.45, 7) is 2.08. The van der Waals surface area contributed by atoms with Crippen molar-refractivity contribution < 1.29 is 14.3 Å². The van der Waals surface area contributed by atoms with Crippen LogP contribution in [-0.4, -0.2) is 11.1 Å². The van der Waals surface area contributed by atoms with Gasteiger partial charge in [0.1, 0.15) is 5.82 Å². The smallest absolute Gasteiger partial charge is 0.336 e. The molecule has 0 amide bonds. The third kappa shape index (κ3) is 3.10. The Kier molecular flexibility index (Phi) is 3.80. The van der Waals surface area contributed by atoms with Crippen molar-refractivity contribution in [2.75, 3.05) is 5.32 Å². The minimum atomic E-state index is -0.984. The fraction of sp³-hybridized carbons (Fsp3) is 0.133. The third-order valence-electron chi connectivity index (χ3n) is 2.84. The summed E-state index contributed by atoms with van der Waals surface area (Å²) in [7, 11) is 0. The van der Waals surface area contributed by atoms with Crippen LogP contribution in [0.2, 0.25) is 0 Å². The molecule has 3 nitrogen and oxygen atoms in total. The van der Waals surface area contributed by atoms with Crippen molar-refractivity contribution in [3.63, 3.8) is 0 Å². The summed E-state index contributed by atoms with van der Waals surface area (Å²) in [6.07, 6.45) is 0. The first kappa shape index (κ1) is 13.1. The van der Waals surface area contributed by atoms with Crippen LogP contribution < -0.4 is 5.32 Å².